The fraction of sp³-hybridized carbons (Fsp3) is 0.364. The van der Waals surface area contributed by atoms with Crippen LogP contribution in [-0.2, 0) is 13.0 Å². The second-order valence-corrected chi connectivity index (χ2v) is 7.49. The number of likely N-dealkylation sites (tertiary alicyclic amines) is 1. The zero-order chi connectivity index (χ0) is 19.3. The molecule has 1 aliphatic heterocycles. The molecule has 0 radical (unpaired) electrons. The minimum absolute atomic E-state index is 0.0410. The van der Waals surface area contributed by atoms with Gasteiger partial charge in [-0.3, -0.25) is 0 Å². The Balaban J connectivity index is 1.24. The van der Waals surface area contributed by atoms with Gasteiger partial charge in [0.25, 0.3) is 0 Å². The van der Waals surface area contributed by atoms with E-state index in [1.807, 2.05) is 53.4 Å². The zero-order valence-electron chi connectivity index (χ0n) is 15.8. The minimum atomic E-state index is -0.353. The summed E-state index contributed by atoms with van der Waals surface area (Å²) in [7, 11) is 0. The van der Waals surface area contributed by atoms with Crippen molar-refractivity contribution in [3.8, 4) is 0 Å². The topological polar surface area (TPSA) is 81.2 Å². The van der Waals surface area contributed by atoms with Crippen LogP contribution in [0.2, 0.25) is 0 Å². The molecule has 1 aromatic heterocycles. The Morgan fingerprint density at radius 2 is 1.96 bits per heavy atom. The van der Waals surface area contributed by atoms with Crippen molar-refractivity contribution in [1.29, 1.82) is 0 Å². The average Bonchev–Trinajstić information content (AvgIpc) is 3.21. The number of urea groups is 1. The second-order valence-electron chi connectivity index (χ2n) is 7.49. The molecule has 1 fully saturated rings. The summed E-state index contributed by atoms with van der Waals surface area (Å²) in [6.07, 6.45) is 3.66. The number of hydrogen-bond donors (Lipinski definition) is 3. The fourth-order valence-electron chi connectivity index (χ4n) is 3.89. The smallest absolute Gasteiger partial charge is 0.317 e. The van der Waals surface area contributed by atoms with E-state index in [9.17, 15) is 9.90 Å². The number of H-pyrrole nitrogens is 1. The Kier molecular flexibility index (Phi) is 5.58. The van der Waals surface area contributed by atoms with E-state index in [0.717, 1.165) is 35.0 Å². The molecule has 4 rings (SSSR count). The Bertz CT molecular complexity index is 916. The molecule has 0 unspecified atom stereocenters. The van der Waals surface area contributed by atoms with E-state index in [1.165, 1.54) is 0 Å². The highest BCUT2D eigenvalue weighted by atomic mass is 16.3. The van der Waals surface area contributed by atoms with Crippen molar-refractivity contribution >= 4 is 17.1 Å². The van der Waals surface area contributed by atoms with Crippen molar-refractivity contribution in [2.75, 3.05) is 13.1 Å². The van der Waals surface area contributed by atoms with Gasteiger partial charge in [-0.15, -0.1) is 0 Å². The van der Waals surface area contributed by atoms with Gasteiger partial charge in [-0.2, -0.15) is 0 Å². The third kappa shape index (κ3) is 4.34. The molecule has 1 atom stereocenters. The molecule has 3 aromatic rings. The molecule has 0 spiro atoms. The van der Waals surface area contributed by atoms with Crippen molar-refractivity contribution in [1.82, 2.24) is 20.2 Å². The van der Waals surface area contributed by atoms with Gasteiger partial charge in [0.15, 0.2) is 0 Å². The molecular weight excluding hydrogens is 352 g/mol. The highest BCUT2D eigenvalue weighted by Crippen LogP contribution is 2.23. The quantitative estimate of drug-likeness (QED) is 0.638. The lowest BCUT2D eigenvalue weighted by atomic mass is 9.88. The van der Waals surface area contributed by atoms with Gasteiger partial charge in [-0.25, -0.2) is 9.78 Å². The van der Waals surface area contributed by atoms with E-state index in [1.54, 1.807) is 6.33 Å². The van der Waals surface area contributed by atoms with Crippen molar-refractivity contribution in [3.63, 3.8) is 0 Å². The normalized spacial score (nSPS) is 16.2. The number of aromatic amines is 1. The van der Waals surface area contributed by atoms with Crippen LogP contribution < -0.4 is 5.32 Å². The maximum Gasteiger partial charge on any atom is 0.317 e. The van der Waals surface area contributed by atoms with E-state index >= 15 is 0 Å². The van der Waals surface area contributed by atoms with Crippen LogP contribution in [-0.4, -0.2) is 45.2 Å². The SMILES string of the molecule is O=C(NCc1ccc2nc[nH]c2c1)N1CCC([C@@H](O)Cc2ccccc2)CC1. The summed E-state index contributed by atoms with van der Waals surface area (Å²) in [5, 5.41) is 13.5. The number of benzene rings is 2. The maximum absolute atomic E-state index is 12.5. The number of carbonyl (C=O) groups is 1. The molecular formula is C22H26N4O2. The van der Waals surface area contributed by atoms with Gasteiger partial charge in [0.1, 0.15) is 0 Å². The second kappa shape index (κ2) is 8.44. The summed E-state index contributed by atoms with van der Waals surface area (Å²) in [5.41, 5.74) is 4.09. The van der Waals surface area contributed by atoms with Gasteiger partial charge in [0.2, 0.25) is 0 Å². The maximum atomic E-state index is 12.5. The highest BCUT2D eigenvalue weighted by Gasteiger charge is 2.27. The van der Waals surface area contributed by atoms with Crippen LogP contribution in [0.5, 0.6) is 0 Å². The Labute approximate surface area is 164 Å². The number of nitrogens with one attached hydrogen (secondary N) is 2. The number of aliphatic hydroxyl groups excluding tert-OH is 1. The van der Waals surface area contributed by atoms with Crippen molar-refractivity contribution in [2.45, 2.75) is 31.9 Å². The molecule has 146 valence electrons. The van der Waals surface area contributed by atoms with E-state index < -0.39 is 0 Å². The van der Waals surface area contributed by atoms with E-state index in [0.29, 0.717) is 26.1 Å². The molecule has 2 heterocycles. The number of piperidine rings is 1. The standard InChI is InChI=1S/C22H26N4O2/c27-21(13-16-4-2-1-3-5-16)18-8-10-26(11-9-18)22(28)23-14-17-6-7-19-20(12-17)25-15-24-19/h1-7,12,15,18,21,27H,8-11,13-14H2,(H,23,28)(H,24,25)/t21-/m0/s1. The van der Waals surface area contributed by atoms with Crippen molar-refractivity contribution < 1.29 is 9.90 Å². The van der Waals surface area contributed by atoms with E-state index in [4.69, 9.17) is 0 Å². The first-order chi connectivity index (χ1) is 13.7. The Morgan fingerprint density at radius 1 is 1.18 bits per heavy atom. The lowest BCUT2D eigenvalue weighted by Gasteiger charge is -2.34. The largest absolute Gasteiger partial charge is 0.392 e. The monoisotopic (exact) mass is 378 g/mol. The number of aliphatic hydroxyl groups is 1. The Morgan fingerprint density at radius 3 is 2.75 bits per heavy atom. The number of imidazole rings is 1. The van der Waals surface area contributed by atoms with E-state index in [2.05, 4.69) is 15.3 Å². The van der Waals surface area contributed by atoms with Gasteiger partial charge in [0.05, 0.1) is 23.5 Å². The van der Waals surface area contributed by atoms with Gasteiger partial charge in [-0.1, -0.05) is 36.4 Å². The lowest BCUT2D eigenvalue weighted by molar-refractivity contribution is 0.0671. The number of amides is 2. The summed E-state index contributed by atoms with van der Waals surface area (Å²) >= 11 is 0. The van der Waals surface area contributed by atoms with Crippen LogP contribution in [0.4, 0.5) is 4.79 Å². The summed E-state index contributed by atoms with van der Waals surface area (Å²) < 4.78 is 0. The molecule has 6 nitrogen and oxygen atoms in total. The van der Waals surface area contributed by atoms with Gasteiger partial charge >= 0.3 is 6.03 Å². The van der Waals surface area contributed by atoms with E-state index in [-0.39, 0.29) is 18.1 Å². The van der Waals surface area contributed by atoms with Crippen LogP contribution in [0.3, 0.4) is 0 Å². The molecule has 0 bridgehead atoms. The predicted octanol–water partition coefficient (Wildman–Crippen LogP) is 3.09. The third-order valence-electron chi connectivity index (χ3n) is 5.59. The summed E-state index contributed by atoms with van der Waals surface area (Å²) in [5.74, 6) is 0.243. The van der Waals surface area contributed by atoms with Crippen LogP contribution >= 0.6 is 0 Å². The van der Waals surface area contributed by atoms with Crippen LogP contribution in [0.25, 0.3) is 11.0 Å². The van der Waals surface area contributed by atoms with Crippen molar-refractivity contribution in [3.05, 3.63) is 66.0 Å². The molecule has 1 saturated heterocycles. The first-order valence-corrected chi connectivity index (χ1v) is 9.86. The number of hydrogen-bond acceptors (Lipinski definition) is 3. The first-order valence-electron chi connectivity index (χ1n) is 9.86. The first kappa shape index (κ1) is 18.5. The number of nitrogens with zero attached hydrogens (tertiary/aromatic N) is 2. The minimum Gasteiger partial charge on any atom is -0.392 e. The van der Waals surface area contributed by atoms with Gasteiger partial charge in [-0.05, 0) is 48.4 Å². The highest BCUT2D eigenvalue weighted by molar-refractivity contribution is 5.76. The zero-order valence-corrected chi connectivity index (χ0v) is 15.8. The average molecular weight is 378 g/mol. The number of carbonyl (C=O) groups excluding carboxylic acids is 1. The molecule has 0 saturated carbocycles. The molecule has 1 aliphatic rings. The molecule has 6 heteroatoms. The molecule has 2 aromatic carbocycles. The molecule has 2 amide bonds. The summed E-state index contributed by atoms with van der Waals surface area (Å²) in [6.45, 7) is 1.86. The molecule has 0 aliphatic carbocycles. The van der Waals surface area contributed by atoms with Gasteiger partial charge < -0.3 is 20.3 Å². The third-order valence-corrected chi connectivity index (χ3v) is 5.59. The molecule has 3 N–H and O–H groups in total. The summed E-state index contributed by atoms with van der Waals surface area (Å²) in [4.78, 5) is 21.6. The van der Waals surface area contributed by atoms with Crippen LogP contribution in [0.15, 0.2) is 54.9 Å². The number of aromatic nitrogens is 2. The number of rotatable bonds is 5. The van der Waals surface area contributed by atoms with Gasteiger partial charge in [0, 0.05) is 19.6 Å². The molecule has 28 heavy (non-hydrogen) atoms. The summed E-state index contributed by atoms with van der Waals surface area (Å²) in [6, 6.07) is 16.0. The number of fused-ring (bicyclic) bond motifs is 1. The Hall–Kier alpha value is -2.86. The fourth-order valence-corrected chi connectivity index (χ4v) is 3.89. The predicted molar refractivity (Wildman–Crippen MR) is 109 cm³/mol. The van der Waals surface area contributed by atoms with Crippen LogP contribution in [0, 0.1) is 5.92 Å². The van der Waals surface area contributed by atoms with Crippen molar-refractivity contribution in [2.24, 2.45) is 5.92 Å². The lowest BCUT2D eigenvalue weighted by Crippen LogP contribution is -2.46. The van der Waals surface area contributed by atoms with Crippen LogP contribution in [0.1, 0.15) is 24.0 Å².